The molecule has 0 aliphatic carbocycles. The van der Waals surface area contributed by atoms with Crippen molar-refractivity contribution in [1.29, 1.82) is 0 Å². The van der Waals surface area contributed by atoms with Crippen LogP contribution in [0.1, 0.15) is 11.9 Å². The molecule has 0 amide bonds. The Morgan fingerprint density at radius 2 is 1.94 bits per heavy atom. The second-order valence-corrected chi connectivity index (χ2v) is 3.55. The molecular weight excluding hydrogens is 204 g/mol. The zero-order chi connectivity index (χ0) is 11.2. The standard InChI is InChI=1S/C13H14O3/c1-2-8-14-12-9-15-13(16-10-12)11-6-4-3-5-7-11/h1,3-7,12-13H,8-10H2/t12-,13+. The molecule has 1 aliphatic heterocycles. The Hall–Kier alpha value is -1.34. The van der Waals surface area contributed by atoms with Crippen LogP contribution in [0.4, 0.5) is 0 Å². The fraction of sp³-hybridized carbons (Fsp3) is 0.385. The maximum atomic E-state index is 5.56. The van der Waals surface area contributed by atoms with Crippen LogP contribution in [0.5, 0.6) is 0 Å². The first-order valence-electron chi connectivity index (χ1n) is 5.23. The van der Waals surface area contributed by atoms with E-state index in [-0.39, 0.29) is 12.4 Å². The van der Waals surface area contributed by atoms with E-state index in [4.69, 9.17) is 20.6 Å². The molecule has 1 aliphatic rings. The van der Waals surface area contributed by atoms with Crippen LogP contribution in [0, 0.1) is 12.3 Å². The summed E-state index contributed by atoms with van der Waals surface area (Å²) in [6.07, 6.45) is 4.76. The molecule has 1 aromatic carbocycles. The minimum absolute atomic E-state index is 0.0592. The molecule has 3 heteroatoms. The van der Waals surface area contributed by atoms with Gasteiger partial charge in [0.15, 0.2) is 6.29 Å². The fourth-order valence-electron chi connectivity index (χ4n) is 1.55. The Morgan fingerprint density at radius 3 is 2.56 bits per heavy atom. The van der Waals surface area contributed by atoms with Gasteiger partial charge in [0.25, 0.3) is 0 Å². The summed E-state index contributed by atoms with van der Waals surface area (Å²) in [7, 11) is 0. The molecule has 3 nitrogen and oxygen atoms in total. The molecule has 0 spiro atoms. The lowest BCUT2D eigenvalue weighted by molar-refractivity contribution is -0.228. The van der Waals surface area contributed by atoms with Gasteiger partial charge in [0.05, 0.1) is 13.2 Å². The minimum Gasteiger partial charge on any atom is -0.361 e. The predicted octanol–water partition coefficient (Wildman–Crippen LogP) is 1.75. The second kappa shape index (κ2) is 5.66. The van der Waals surface area contributed by atoms with Gasteiger partial charge in [-0.3, -0.25) is 0 Å². The van der Waals surface area contributed by atoms with Gasteiger partial charge in [0.2, 0.25) is 0 Å². The van der Waals surface area contributed by atoms with Gasteiger partial charge >= 0.3 is 0 Å². The third-order valence-corrected chi connectivity index (χ3v) is 2.34. The molecule has 1 fully saturated rings. The molecule has 0 unspecified atom stereocenters. The van der Waals surface area contributed by atoms with Crippen molar-refractivity contribution in [3.8, 4) is 12.3 Å². The van der Waals surface area contributed by atoms with Crippen molar-refractivity contribution in [2.75, 3.05) is 19.8 Å². The van der Waals surface area contributed by atoms with Crippen LogP contribution < -0.4 is 0 Å². The maximum Gasteiger partial charge on any atom is 0.184 e. The van der Waals surface area contributed by atoms with Gasteiger partial charge < -0.3 is 14.2 Å². The van der Waals surface area contributed by atoms with Crippen LogP contribution in [0.3, 0.4) is 0 Å². The Bertz CT molecular complexity index is 347. The summed E-state index contributed by atoms with van der Waals surface area (Å²) >= 11 is 0. The quantitative estimate of drug-likeness (QED) is 0.723. The zero-order valence-electron chi connectivity index (χ0n) is 8.96. The lowest BCUT2D eigenvalue weighted by Crippen LogP contribution is -2.33. The number of rotatable bonds is 3. The van der Waals surface area contributed by atoms with Gasteiger partial charge in [0.1, 0.15) is 12.7 Å². The van der Waals surface area contributed by atoms with E-state index in [1.54, 1.807) is 0 Å². The number of hydrogen-bond donors (Lipinski definition) is 0. The van der Waals surface area contributed by atoms with Crippen LogP contribution in [0.2, 0.25) is 0 Å². The summed E-state index contributed by atoms with van der Waals surface area (Å²) in [4.78, 5) is 0. The molecule has 1 saturated heterocycles. The Kier molecular flexibility index (Phi) is 3.95. The molecule has 2 rings (SSSR count). The molecule has 0 radical (unpaired) electrons. The molecule has 0 aromatic heterocycles. The number of hydrogen-bond acceptors (Lipinski definition) is 3. The highest BCUT2D eigenvalue weighted by molar-refractivity contribution is 5.16. The fourth-order valence-corrected chi connectivity index (χ4v) is 1.55. The van der Waals surface area contributed by atoms with E-state index in [0.717, 1.165) is 5.56 Å². The Morgan fingerprint density at radius 1 is 1.25 bits per heavy atom. The van der Waals surface area contributed by atoms with Gasteiger partial charge in [-0.1, -0.05) is 36.3 Å². The average molecular weight is 218 g/mol. The van der Waals surface area contributed by atoms with Crippen molar-refractivity contribution in [1.82, 2.24) is 0 Å². The van der Waals surface area contributed by atoms with E-state index >= 15 is 0 Å². The highest BCUT2D eigenvalue weighted by atomic mass is 16.7. The number of benzene rings is 1. The monoisotopic (exact) mass is 218 g/mol. The van der Waals surface area contributed by atoms with Crippen LogP contribution >= 0.6 is 0 Å². The molecule has 0 bridgehead atoms. The van der Waals surface area contributed by atoms with Gasteiger partial charge in [0, 0.05) is 5.56 Å². The smallest absolute Gasteiger partial charge is 0.184 e. The van der Waals surface area contributed by atoms with Crippen molar-refractivity contribution in [3.63, 3.8) is 0 Å². The first kappa shape index (κ1) is 11.2. The molecular formula is C13H14O3. The minimum atomic E-state index is -0.285. The van der Waals surface area contributed by atoms with Crippen LogP contribution in [-0.2, 0) is 14.2 Å². The van der Waals surface area contributed by atoms with E-state index < -0.39 is 0 Å². The molecule has 0 saturated carbocycles. The summed E-state index contributed by atoms with van der Waals surface area (Å²) in [5, 5.41) is 0. The third kappa shape index (κ3) is 2.83. The Labute approximate surface area is 95.3 Å². The highest BCUT2D eigenvalue weighted by Gasteiger charge is 2.23. The van der Waals surface area contributed by atoms with Gasteiger partial charge in [-0.05, 0) is 0 Å². The number of ether oxygens (including phenoxy) is 3. The summed E-state index contributed by atoms with van der Waals surface area (Å²) in [6, 6.07) is 9.84. The molecule has 0 N–H and O–H groups in total. The lowest BCUT2D eigenvalue weighted by atomic mass is 10.2. The SMILES string of the molecule is C#CCO[C@H]1CO[C@@H](c2ccccc2)OC1. The second-order valence-electron chi connectivity index (χ2n) is 3.55. The summed E-state index contributed by atoms with van der Waals surface area (Å²) in [5.74, 6) is 2.42. The van der Waals surface area contributed by atoms with Gasteiger partial charge in [-0.15, -0.1) is 6.42 Å². The molecule has 84 valence electrons. The third-order valence-electron chi connectivity index (χ3n) is 2.34. The normalized spacial score (nSPS) is 24.9. The largest absolute Gasteiger partial charge is 0.361 e. The summed E-state index contributed by atoms with van der Waals surface area (Å²) in [6.45, 7) is 1.33. The van der Waals surface area contributed by atoms with E-state index in [0.29, 0.717) is 19.8 Å². The first-order valence-corrected chi connectivity index (χ1v) is 5.23. The summed E-state index contributed by atoms with van der Waals surface area (Å²) in [5.41, 5.74) is 1.03. The Balaban J connectivity index is 1.84. The van der Waals surface area contributed by atoms with Crippen LogP contribution in [0.25, 0.3) is 0 Å². The predicted molar refractivity (Wildman–Crippen MR) is 59.7 cm³/mol. The van der Waals surface area contributed by atoms with Crippen molar-refractivity contribution >= 4 is 0 Å². The molecule has 0 atom stereocenters. The topological polar surface area (TPSA) is 27.7 Å². The summed E-state index contributed by atoms with van der Waals surface area (Å²) < 4.78 is 16.4. The van der Waals surface area contributed by atoms with Crippen molar-refractivity contribution < 1.29 is 14.2 Å². The van der Waals surface area contributed by atoms with Crippen molar-refractivity contribution in [2.45, 2.75) is 12.4 Å². The van der Waals surface area contributed by atoms with E-state index in [1.165, 1.54) is 0 Å². The van der Waals surface area contributed by atoms with Crippen molar-refractivity contribution in [2.24, 2.45) is 0 Å². The first-order chi connectivity index (χ1) is 7.90. The van der Waals surface area contributed by atoms with E-state index in [9.17, 15) is 0 Å². The number of terminal acetylenes is 1. The van der Waals surface area contributed by atoms with E-state index in [1.807, 2.05) is 30.3 Å². The molecule has 1 heterocycles. The maximum absolute atomic E-state index is 5.56. The van der Waals surface area contributed by atoms with Gasteiger partial charge in [-0.25, -0.2) is 0 Å². The highest BCUT2D eigenvalue weighted by Crippen LogP contribution is 2.23. The van der Waals surface area contributed by atoms with Crippen molar-refractivity contribution in [3.05, 3.63) is 35.9 Å². The lowest BCUT2D eigenvalue weighted by Gasteiger charge is -2.29. The molecule has 16 heavy (non-hydrogen) atoms. The van der Waals surface area contributed by atoms with Gasteiger partial charge in [-0.2, -0.15) is 0 Å². The average Bonchev–Trinajstić information content (AvgIpc) is 2.38. The molecule has 1 aromatic rings. The van der Waals surface area contributed by atoms with E-state index in [2.05, 4.69) is 5.92 Å². The van der Waals surface area contributed by atoms with Crippen LogP contribution in [-0.4, -0.2) is 25.9 Å². The van der Waals surface area contributed by atoms with Crippen LogP contribution in [0.15, 0.2) is 30.3 Å². The zero-order valence-corrected chi connectivity index (χ0v) is 8.96.